The largest absolute Gasteiger partial charge is 0.399 e. The van der Waals surface area contributed by atoms with E-state index < -0.39 is 0 Å². The van der Waals surface area contributed by atoms with Crippen molar-refractivity contribution in [3.05, 3.63) is 63.6 Å². The summed E-state index contributed by atoms with van der Waals surface area (Å²) in [6.07, 6.45) is 0. The number of nitrogen functional groups attached to an aromatic ring is 1. The molecular weight excluding hydrogens is 307 g/mol. The zero-order valence-corrected chi connectivity index (χ0v) is 13.3. The van der Waals surface area contributed by atoms with Crippen molar-refractivity contribution in [3.63, 3.8) is 0 Å². The van der Waals surface area contributed by atoms with E-state index in [9.17, 15) is 4.79 Å². The van der Waals surface area contributed by atoms with Crippen molar-refractivity contribution >= 4 is 34.8 Å². The summed E-state index contributed by atoms with van der Waals surface area (Å²) in [5.41, 5.74) is 7.58. The molecule has 2 N–H and O–H groups in total. The molecule has 0 fully saturated rings. The van der Waals surface area contributed by atoms with Gasteiger partial charge in [0.2, 0.25) is 0 Å². The van der Waals surface area contributed by atoms with Gasteiger partial charge in [0.15, 0.2) is 0 Å². The van der Waals surface area contributed by atoms with Crippen LogP contribution in [0.4, 0.5) is 5.69 Å². The van der Waals surface area contributed by atoms with Crippen molar-refractivity contribution in [1.82, 2.24) is 4.90 Å². The first kappa shape index (κ1) is 15.7. The Labute approximate surface area is 134 Å². The summed E-state index contributed by atoms with van der Waals surface area (Å²) < 4.78 is 0. The summed E-state index contributed by atoms with van der Waals surface area (Å²) in [6, 6.07) is 12.2. The number of carbonyl (C=O) groups excluding carboxylic acids is 1. The molecule has 1 unspecified atom stereocenters. The van der Waals surface area contributed by atoms with Crippen LogP contribution in [0.15, 0.2) is 42.5 Å². The number of nitrogens with zero attached hydrogens (tertiary/aromatic N) is 1. The maximum atomic E-state index is 12.6. The second-order valence-corrected chi connectivity index (χ2v) is 5.73. The summed E-state index contributed by atoms with van der Waals surface area (Å²) in [4.78, 5) is 14.2. The van der Waals surface area contributed by atoms with Crippen LogP contribution in [0.3, 0.4) is 0 Å². The molecule has 0 aliphatic heterocycles. The standard InChI is InChI=1S/C16H16Cl2N2O/c1-10(11-4-3-5-12(17)8-11)20(2)16(21)14-9-13(19)6-7-15(14)18/h3-10H,19H2,1-2H3. The minimum atomic E-state index is -0.181. The first-order chi connectivity index (χ1) is 9.90. The average Bonchev–Trinajstić information content (AvgIpc) is 2.47. The van der Waals surface area contributed by atoms with Crippen molar-refractivity contribution in [1.29, 1.82) is 0 Å². The molecule has 5 heteroatoms. The molecule has 2 aromatic carbocycles. The van der Waals surface area contributed by atoms with Gasteiger partial charge in [0.05, 0.1) is 16.6 Å². The molecule has 0 heterocycles. The highest BCUT2D eigenvalue weighted by Crippen LogP contribution is 2.26. The van der Waals surface area contributed by atoms with Crippen LogP contribution in [0.1, 0.15) is 28.9 Å². The lowest BCUT2D eigenvalue weighted by atomic mass is 10.1. The predicted molar refractivity (Wildman–Crippen MR) is 87.8 cm³/mol. The van der Waals surface area contributed by atoms with Crippen molar-refractivity contribution in [2.75, 3.05) is 12.8 Å². The summed E-state index contributed by atoms with van der Waals surface area (Å²) in [5, 5.41) is 1.03. The van der Waals surface area contributed by atoms with Gasteiger partial charge in [-0.25, -0.2) is 0 Å². The quantitative estimate of drug-likeness (QED) is 0.851. The second-order valence-electron chi connectivity index (χ2n) is 4.89. The summed E-state index contributed by atoms with van der Waals surface area (Å²) in [6.45, 7) is 1.93. The lowest BCUT2D eigenvalue weighted by Gasteiger charge is -2.26. The van der Waals surface area contributed by atoms with Crippen LogP contribution in [-0.4, -0.2) is 17.9 Å². The van der Waals surface area contributed by atoms with Crippen molar-refractivity contribution < 1.29 is 4.79 Å². The van der Waals surface area contributed by atoms with Gasteiger partial charge >= 0.3 is 0 Å². The molecule has 1 atom stereocenters. The minimum absolute atomic E-state index is 0.131. The number of hydrogen-bond acceptors (Lipinski definition) is 2. The van der Waals surface area contributed by atoms with Crippen LogP contribution in [0.25, 0.3) is 0 Å². The summed E-state index contributed by atoms with van der Waals surface area (Å²) >= 11 is 12.1. The predicted octanol–water partition coefficient (Wildman–Crippen LogP) is 4.41. The third kappa shape index (κ3) is 3.49. The van der Waals surface area contributed by atoms with E-state index in [2.05, 4.69) is 0 Å². The van der Waals surface area contributed by atoms with Gasteiger partial charge < -0.3 is 10.6 Å². The molecule has 0 saturated heterocycles. The Morgan fingerprint density at radius 2 is 1.90 bits per heavy atom. The van der Waals surface area contributed by atoms with Crippen LogP contribution in [0, 0.1) is 0 Å². The van der Waals surface area contributed by atoms with Gasteiger partial charge in [0.1, 0.15) is 0 Å². The summed E-state index contributed by atoms with van der Waals surface area (Å²) in [5.74, 6) is -0.181. The fraction of sp³-hybridized carbons (Fsp3) is 0.188. The SMILES string of the molecule is CC(c1cccc(Cl)c1)N(C)C(=O)c1cc(N)ccc1Cl. The molecule has 3 nitrogen and oxygen atoms in total. The Bertz CT molecular complexity index is 673. The van der Waals surface area contributed by atoms with Crippen molar-refractivity contribution in [2.45, 2.75) is 13.0 Å². The number of amides is 1. The van der Waals surface area contributed by atoms with Gasteiger partial charge in [0, 0.05) is 17.8 Å². The fourth-order valence-electron chi connectivity index (χ4n) is 2.06. The number of hydrogen-bond donors (Lipinski definition) is 1. The first-order valence-corrected chi connectivity index (χ1v) is 7.23. The highest BCUT2D eigenvalue weighted by molar-refractivity contribution is 6.34. The molecule has 0 aliphatic carbocycles. The maximum absolute atomic E-state index is 12.6. The van der Waals surface area contributed by atoms with Crippen LogP contribution in [0.5, 0.6) is 0 Å². The number of nitrogens with two attached hydrogens (primary N) is 1. The Kier molecular flexibility index (Phi) is 4.76. The Balaban J connectivity index is 2.28. The van der Waals surface area contributed by atoms with Crippen molar-refractivity contribution in [3.8, 4) is 0 Å². The topological polar surface area (TPSA) is 46.3 Å². The van der Waals surface area contributed by atoms with Crippen LogP contribution >= 0.6 is 23.2 Å². The molecule has 1 amide bonds. The molecule has 0 aliphatic rings. The lowest BCUT2D eigenvalue weighted by Crippen LogP contribution is -2.30. The zero-order valence-electron chi connectivity index (χ0n) is 11.8. The molecule has 0 saturated carbocycles. The Morgan fingerprint density at radius 1 is 1.19 bits per heavy atom. The molecule has 0 bridgehead atoms. The highest BCUT2D eigenvalue weighted by atomic mass is 35.5. The first-order valence-electron chi connectivity index (χ1n) is 6.48. The van der Waals surface area contributed by atoms with E-state index in [1.54, 1.807) is 36.2 Å². The number of benzene rings is 2. The Hall–Kier alpha value is -1.71. The van der Waals surface area contributed by atoms with E-state index in [4.69, 9.17) is 28.9 Å². The normalized spacial score (nSPS) is 12.0. The number of carbonyl (C=O) groups is 1. The third-order valence-electron chi connectivity index (χ3n) is 3.45. The smallest absolute Gasteiger partial charge is 0.255 e. The molecule has 0 radical (unpaired) electrons. The second kappa shape index (κ2) is 6.37. The lowest BCUT2D eigenvalue weighted by molar-refractivity contribution is 0.0743. The molecule has 21 heavy (non-hydrogen) atoms. The molecule has 0 aromatic heterocycles. The summed E-state index contributed by atoms with van der Waals surface area (Å²) in [7, 11) is 1.73. The molecule has 2 aromatic rings. The van der Waals surface area contributed by atoms with Crippen LogP contribution in [0.2, 0.25) is 10.0 Å². The van der Waals surface area contributed by atoms with E-state index in [1.165, 1.54) is 0 Å². The molecule has 2 rings (SSSR count). The number of rotatable bonds is 3. The average molecular weight is 323 g/mol. The zero-order chi connectivity index (χ0) is 15.6. The molecular formula is C16H16Cl2N2O. The Morgan fingerprint density at radius 3 is 2.57 bits per heavy atom. The van der Waals surface area contributed by atoms with E-state index in [0.29, 0.717) is 21.3 Å². The van der Waals surface area contributed by atoms with E-state index in [0.717, 1.165) is 5.56 Å². The minimum Gasteiger partial charge on any atom is -0.399 e. The number of halogens is 2. The van der Waals surface area contributed by atoms with Gasteiger partial charge in [-0.15, -0.1) is 0 Å². The molecule has 110 valence electrons. The van der Waals surface area contributed by atoms with Crippen LogP contribution in [-0.2, 0) is 0 Å². The van der Waals surface area contributed by atoms with Gasteiger partial charge in [-0.2, -0.15) is 0 Å². The van der Waals surface area contributed by atoms with E-state index >= 15 is 0 Å². The molecule has 0 spiro atoms. The fourth-order valence-corrected chi connectivity index (χ4v) is 2.46. The highest BCUT2D eigenvalue weighted by Gasteiger charge is 2.21. The van der Waals surface area contributed by atoms with Gasteiger partial charge in [-0.3, -0.25) is 4.79 Å². The van der Waals surface area contributed by atoms with Gasteiger partial charge in [0.25, 0.3) is 5.91 Å². The van der Waals surface area contributed by atoms with E-state index in [-0.39, 0.29) is 11.9 Å². The van der Waals surface area contributed by atoms with Gasteiger partial charge in [-0.05, 0) is 42.8 Å². The van der Waals surface area contributed by atoms with Crippen molar-refractivity contribution in [2.24, 2.45) is 0 Å². The van der Waals surface area contributed by atoms with E-state index in [1.807, 2.05) is 25.1 Å². The number of anilines is 1. The maximum Gasteiger partial charge on any atom is 0.255 e. The van der Waals surface area contributed by atoms with Gasteiger partial charge in [-0.1, -0.05) is 35.3 Å². The third-order valence-corrected chi connectivity index (χ3v) is 4.02. The monoisotopic (exact) mass is 322 g/mol. The van der Waals surface area contributed by atoms with Crippen LogP contribution < -0.4 is 5.73 Å².